The van der Waals surface area contributed by atoms with E-state index in [0.717, 1.165) is 6.26 Å². The van der Waals surface area contributed by atoms with Crippen molar-refractivity contribution in [1.82, 2.24) is 0 Å². The molecule has 5 nitrogen and oxygen atoms in total. The summed E-state index contributed by atoms with van der Waals surface area (Å²) < 4.78 is 22.4. The van der Waals surface area contributed by atoms with E-state index in [4.69, 9.17) is 10.8 Å². The Balaban J connectivity index is 2.96. The van der Waals surface area contributed by atoms with E-state index in [0.29, 0.717) is 5.56 Å². The highest BCUT2D eigenvalue weighted by Gasteiger charge is 2.16. The lowest BCUT2D eigenvalue weighted by molar-refractivity contribution is 0.109. The van der Waals surface area contributed by atoms with Crippen molar-refractivity contribution < 1.29 is 18.6 Å². The second-order valence-electron chi connectivity index (χ2n) is 3.63. The molecular formula is C10H15NO4S. The number of aliphatic hydroxyl groups is 2. The summed E-state index contributed by atoms with van der Waals surface area (Å²) in [5, 5.41) is 18.4. The van der Waals surface area contributed by atoms with Crippen LogP contribution >= 0.6 is 0 Å². The van der Waals surface area contributed by atoms with Gasteiger partial charge in [-0.3, -0.25) is 0 Å². The molecule has 0 radical (unpaired) electrons. The lowest BCUT2D eigenvalue weighted by Gasteiger charge is -2.16. The van der Waals surface area contributed by atoms with Gasteiger partial charge in [0, 0.05) is 6.26 Å². The lowest BCUT2D eigenvalue weighted by Crippen LogP contribution is -2.31. The average molecular weight is 245 g/mol. The number of hydrogen-bond donors (Lipinski definition) is 3. The second kappa shape index (κ2) is 4.92. The zero-order chi connectivity index (χ0) is 12.3. The molecule has 0 aliphatic rings. The van der Waals surface area contributed by atoms with Crippen molar-refractivity contribution in [1.29, 1.82) is 0 Å². The fourth-order valence-corrected chi connectivity index (χ4v) is 1.89. The van der Waals surface area contributed by atoms with E-state index in [1.807, 2.05) is 0 Å². The first-order chi connectivity index (χ1) is 7.36. The van der Waals surface area contributed by atoms with Crippen LogP contribution in [-0.4, -0.2) is 37.5 Å². The van der Waals surface area contributed by atoms with Gasteiger partial charge < -0.3 is 15.9 Å². The van der Waals surface area contributed by atoms with Crippen molar-refractivity contribution in [3.8, 4) is 0 Å². The van der Waals surface area contributed by atoms with Crippen LogP contribution in [0.4, 0.5) is 0 Å². The quantitative estimate of drug-likeness (QED) is 0.660. The fraction of sp³-hybridized carbons (Fsp3) is 0.400. The summed E-state index contributed by atoms with van der Waals surface area (Å²) in [7, 11) is -3.23. The molecule has 0 amide bonds. The van der Waals surface area contributed by atoms with E-state index >= 15 is 0 Å². The maximum absolute atomic E-state index is 11.2. The number of nitrogens with two attached hydrogens (primary N) is 1. The van der Waals surface area contributed by atoms with Crippen LogP contribution in [-0.2, 0) is 9.84 Å². The molecule has 4 N–H and O–H groups in total. The SMILES string of the molecule is CS(=O)(=O)c1ccc([C@H](O)C(N)CO)cc1. The standard InChI is InChI=1S/C10H15NO4S/c1-16(14,15)8-4-2-7(3-5-8)10(13)9(11)6-12/h2-5,9-10,12-13H,6,11H2,1H3/t9?,10-/m0/s1. The Morgan fingerprint density at radius 2 is 1.81 bits per heavy atom. The largest absolute Gasteiger partial charge is 0.395 e. The van der Waals surface area contributed by atoms with E-state index in [2.05, 4.69) is 0 Å². The molecule has 1 unspecified atom stereocenters. The van der Waals surface area contributed by atoms with E-state index in [-0.39, 0.29) is 11.5 Å². The Kier molecular flexibility index (Phi) is 4.03. The van der Waals surface area contributed by atoms with Gasteiger partial charge in [-0.2, -0.15) is 0 Å². The molecule has 90 valence electrons. The molecule has 0 spiro atoms. The highest BCUT2D eigenvalue weighted by molar-refractivity contribution is 7.90. The second-order valence-corrected chi connectivity index (χ2v) is 5.65. The Morgan fingerprint density at radius 1 is 1.31 bits per heavy atom. The third kappa shape index (κ3) is 3.02. The lowest BCUT2D eigenvalue weighted by atomic mass is 10.0. The van der Waals surface area contributed by atoms with Gasteiger partial charge in [0.25, 0.3) is 0 Å². The molecule has 0 aliphatic heterocycles. The smallest absolute Gasteiger partial charge is 0.175 e. The Hall–Kier alpha value is -0.950. The molecule has 1 aromatic carbocycles. The number of sulfone groups is 1. The monoisotopic (exact) mass is 245 g/mol. The fourth-order valence-electron chi connectivity index (χ4n) is 1.26. The summed E-state index contributed by atoms with van der Waals surface area (Å²) in [6, 6.07) is 4.99. The number of aliphatic hydroxyl groups excluding tert-OH is 2. The molecular weight excluding hydrogens is 230 g/mol. The predicted molar refractivity (Wildman–Crippen MR) is 59.6 cm³/mol. The van der Waals surface area contributed by atoms with Crippen molar-refractivity contribution >= 4 is 9.84 Å². The van der Waals surface area contributed by atoms with Crippen LogP contribution < -0.4 is 5.73 Å². The van der Waals surface area contributed by atoms with Gasteiger partial charge in [0.1, 0.15) is 0 Å². The Morgan fingerprint density at radius 3 is 2.19 bits per heavy atom. The topological polar surface area (TPSA) is 101 Å². The van der Waals surface area contributed by atoms with Crippen LogP contribution in [0.25, 0.3) is 0 Å². The van der Waals surface area contributed by atoms with Gasteiger partial charge >= 0.3 is 0 Å². The van der Waals surface area contributed by atoms with Crippen LogP contribution in [0, 0.1) is 0 Å². The molecule has 6 heteroatoms. The molecule has 1 aromatic rings. The van der Waals surface area contributed by atoms with E-state index in [1.54, 1.807) is 0 Å². The number of hydrogen-bond acceptors (Lipinski definition) is 5. The summed E-state index contributed by atoms with van der Waals surface area (Å²) in [4.78, 5) is 0.181. The first-order valence-corrected chi connectivity index (χ1v) is 6.60. The molecule has 1 rings (SSSR count). The highest BCUT2D eigenvalue weighted by atomic mass is 32.2. The first kappa shape index (κ1) is 13.1. The van der Waals surface area contributed by atoms with E-state index in [9.17, 15) is 13.5 Å². The Labute approximate surface area is 94.4 Å². The molecule has 2 atom stereocenters. The summed E-state index contributed by atoms with van der Waals surface area (Å²) in [6.07, 6.45) is 0.108. The van der Waals surface area contributed by atoms with Gasteiger partial charge in [0.05, 0.1) is 23.6 Å². The van der Waals surface area contributed by atoms with Gasteiger partial charge in [-0.15, -0.1) is 0 Å². The van der Waals surface area contributed by atoms with Gasteiger partial charge in [0.2, 0.25) is 0 Å². The van der Waals surface area contributed by atoms with Crippen molar-refractivity contribution in [2.45, 2.75) is 17.0 Å². The number of rotatable bonds is 4. The summed E-state index contributed by atoms with van der Waals surface area (Å²) in [5.41, 5.74) is 5.93. The third-order valence-corrected chi connectivity index (χ3v) is 3.39. The molecule has 0 aromatic heterocycles. The van der Waals surface area contributed by atoms with E-state index < -0.39 is 22.0 Å². The normalized spacial score (nSPS) is 15.8. The van der Waals surface area contributed by atoms with Crippen LogP contribution in [0.3, 0.4) is 0 Å². The molecule has 0 heterocycles. The minimum atomic E-state index is -3.23. The zero-order valence-corrected chi connectivity index (χ0v) is 9.68. The summed E-state index contributed by atoms with van der Waals surface area (Å²) in [5.74, 6) is 0. The van der Waals surface area contributed by atoms with Crippen molar-refractivity contribution in [2.75, 3.05) is 12.9 Å². The Bertz CT molecular complexity index is 440. The van der Waals surface area contributed by atoms with Gasteiger partial charge in [0.15, 0.2) is 9.84 Å². The highest BCUT2D eigenvalue weighted by Crippen LogP contribution is 2.18. The first-order valence-electron chi connectivity index (χ1n) is 4.71. The average Bonchev–Trinajstić information content (AvgIpc) is 2.26. The van der Waals surface area contributed by atoms with Gasteiger partial charge in [-0.05, 0) is 17.7 Å². The van der Waals surface area contributed by atoms with Gasteiger partial charge in [-0.1, -0.05) is 12.1 Å². The number of benzene rings is 1. The minimum absolute atomic E-state index is 0.181. The van der Waals surface area contributed by atoms with E-state index in [1.165, 1.54) is 24.3 Å². The van der Waals surface area contributed by atoms with Crippen molar-refractivity contribution in [3.63, 3.8) is 0 Å². The van der Waals surface area contributed by atoms with Crippen LogP contribution in [0.2, 0.25) is 0 Å². The molecule has 0 bridgehead atoms. The molecule has 0 aliphatic carbocycles. The predicted octanol–water partition coefficient (Wildman–Crippen LogP) is -0.557. The van der Waals surface area contributed by atoms with Crippen LogP contribution in [0.1, 0.15) is 11.7 Å². The molecule has 0 saturated carbocycles. The van der Waals surface area contributed by atoms with Crippen LogP contribution in [0.5, 0.6) is 0 Å². The molecule has 0 saturated heterocycles. The zero-order valence-electron chi connectivity index (χ0n) is 8.87. The molecule has 0 fully saturated rings. The maximum atomic E-state index is 11.2. The molecule has 16 heavy (non-hydrogen) atoms. The maximum Gasteiger partial charge on any atom is 0.175 e. The third-order valence-electron chi connectivity index (χ3n) is 2.27. The van der Waals surface area contributed by atoms with Crippen molar-refractivity contribution in [2.24, 2.45) is 5.73 Å². The minimum Gasteiger partial charge on any atom is -0.395 e. The van der Waals surface area contributed by atoms with Crippen molar-refractivity contribution in [3.05, 3.63) is 29.8 Å². The van der Waals surface area contributed by atoms with Crippen LogP contribution in [0.15, 0.2) is 29.2 Å². The summed E-state index contributed by atoms with van der Waals surface area (Å²) >= 11 is 0. The summed E-state index contributed by atoms with van der Waals surface area (Å²) in [6.45, 7) is -0.338. The van der Waals surface area contributed by atoms with Gasteiger partial charge in [-0.25, -0.2) is 8.42 Å².